The van der Waals surface area contributed by atoms with Crippen LogP contribution in [-0.2, 0) is 0 Å². The van der Waals surface area contributed by atoms with Crippen LogP contribution in [0.15, 0.2) is 30.3 Å². The fraction of sp³-hybridized carbons (Fsp3) is 0.385. The lowest BCUT2D eigenvalue weighted by Gasteiger charge is -1.91. The molecule has 0 fully saturated rings. The largest absolute Gasteiger partial charge is 0.0979 e. The molecule has 0 aliphatic heterocycles. The van der Waals surface area contributed by atoms with Crippen LogP contribution in [0.25, 0.3) is 0 Å². The minimum atomic E-state index is 1.03. The Morgan fingerprint density at radius 1 is 1.00 bits per heavy atom. The van der Waals surface area contributed by atoms with Crippen LogP contribution >= 0.6 is 22.6 Å². The lowest BCUT2D eigenvalue weighted by Crippen LogP contribution is -1.76. The summed E-state index contributed by atoms with van der Waals surface area (Å²) in [5.41, 5.74) is 1.13. The molecule has 0 amide bonds. The standard InChI is InChI=1S/C13H15I/c14-12-8-3-1-2-5-9-13-10-6-4-7-11-13/h4,6-7,10-11H,1-3,8,12H2. The van der Waals surface area contributed by atoms with Crippen molar-refractivity contribution in [3.05, 3.63) is 35.9 Å². The number of benzene rings is 1. The van der Waals surface area contributed by atoms with Crippen molar-refractivity contribution >= 4 is 22.6 Å². The maximum Gasteiger partial charge on any atom is 0.0245 e. The number of hydrogen-bond acceptors (Lipinski definition) is 0. The average molecular weight is 298 g/mol. The third-order valence-electron chi connectivity index (χ3n) is 1.94. The molecule has 0 radical (unpaired) electrons. The first-order valence-corrected chi connectivity index (χ1v) is 6.56. The highest BCUT2D eigenvalue weighted by molar-refractivity contribution is 14.1. The van der Waals surface area contributed by atoms with Gasteiger partial charge in [0.1, 0.15) is 0 Å². The Hall–Kier alpha value is -0.490. The Morgan fingerprint density at radius 3 is 2.50 bits per heavy atom. The third kappa shape index (κ3) is 5.29. The van der Waals surface area contributed by atoms with E-state index in [1.807, 2.05) is 18.2 Å². The van der Waals surface area contributed by atoms with E-state index < -0.39 is 0 Å². The van der Waals surface area contributed by atoms with E-state index >= 15 is 0 Å². The Labute approximate surface area is 100 Å². The van der Waals surface area contributed by atoms with E-state index in [1.165, 1.54) is 23.7 Å². The van der Waals surface area contributed by atoms with Crippen molar-refractivity contribution in [1.29, 1.82) is 0 Å². The Bertz CT molecular complexity index is 292. The van der Waals surface area contributed by atoms with E-state index in [9.17, 15) is 0 Å². The molecule has 14 heavy (non-hydrogen) atoms. The van der Waals surface area contributed by atoms with Gasteiger partial charge in [0.2, 0.25) is 0 Å². The van der Waals surface area contributed by atoms with Crippen molar-refractivity contribution in [3.63, 3.8) is 0 Å². The Balaban J connectivity index is 2.21. The van der Waals surface area contributed by atoms with Crippen LogP contribution < -0.4 is 0 Å². The molecule has 0 saturated heterocycles. The van der Waals surface area contributed by atoms with Gasteiger partial charge in [0.15, 0.2) is 0 Å². The molecule has 0 saturated carbocycles. The number of unbranched alkanes of at least 4 members (excludes halogenated alkanes) is 3. The summed E-state index contributed by atoms with van der Waals surface area (Å²) in [5, 5.41) is 0. The zero-order valence-electron chi connectivity index (χ0n) is 8.30. The van der Waals surface area contributed by atoms with Crippen molar-refractivity contribution in [2.45, 2.75) is 25.7 Å². The predicted octanol–water partition coefficient (Wildman–Crippen LogP) is 4.03. The van der Waals surface area contributed by atoms with Crippen molar-refractivity contribution in [2.75, 3.05) is 4.43 Å². The van der Waals surface area contributed by atoms with Crippen LogP contribution in [0, 0.1) is 11.8 Å². The fourth-order valence-corrected chi connectivity index (χ4v) is 1.71. The van der Waals surface area contributed by atoms with Gasteiger partial charge in [-0.2, -0.15) is 0 Å². The Kier molecular flexibility index (Phi) is 6.51. The van der Waals surface area contributed by atoms with E-state index in [-0.39, 0.29) is 0 Å². The molecule has 1 heteroatoms. The van der Waals surface area contributed by atoms with Gasteiger partial charge in [-0.1, -0.05) is 59.1 Å². The zero-order valence-corrected chi connectivity index (χ0v) is 10.5. The molecule has 0 heterocycles. The summed E-state index contributed by atoms with van der Waals surface area (Å²) in [5.74, 6) is 6.38. The molecule has 0 nitrogen and oxygen atoms in total. The van der Waals surface area contributed by atoms with Crippen molar-refractivity contribution in [1.82, 2.24) is 0 Å². The van der Waals surface area contributed by atoms with E-state index in [4.69, 9.17) is 0 Å². The number of rotatable bonds is 4. The van der Waals surface area contributed by atoms with Gasteiger partial charge in [0, 0.05) is 12.0 Å². The SMILES string of the molecule is ICCCCCC#Cc1ccccc1. The highest BCUT2D eigenvalue weighted by atomic mass is 127. The molecule has 1 aromatic rings. The van der Waals surface area contributed by atoms with Gasteiger partial charge in [-0.25, -0.2) is 0 Å². The van der Waals surface area contributed by atoms with Gasteiger partial charge in [-0.15, -0.1) is 0 Å². The summed E-state index contributed by atoms with van der Waals surface area (Å²) in [4.78, 5) is 0. The molecule has 0 N–H and O–H groups in total. The first-order chi connectivity index (χ1) is 6.93. The summed E-state index contributed by atoms with van der Waals surface area (Å²) in [6.07, 6.45) is 4.91. The second-order valence-corrected chi connectivity index (χ2v) is 4.25. The van der Waals surface area contributed by atoms with Crippen molar-refractivity contribution in [2.24, 2.45) is 0 Å². The van der Waals surface area contributed by atoms with Gasteiger partial charge in [0.05, 0.1) is 0 Å². The van der Waals surface area contributed by atoms with Gasteiger partial charge in [-0.05, 0) is 29.4 Å². The molecule has 0 aromatic heterocycles. The molecule has 0 aliphatic carbocycles. The van der Waals surface area contributed by atoms with Gasteiger partial charge >= 0.3 is 0 Å². The monoisotopic (exact) mass is 298 g/mol. The molecule has 0 spiro atoms. The van der Waals surface area contributed by atoms with Crippen LogP contribution in [0.3, 0.4) is 0 Å². The number of hydrogen-bond donors (Lipinski definition) is 0. The second kappa shape index (κ2) is 7.87. The lowest BCUT2D eigenvalue weighted by atomic mass is 10.2. The number of alkyl halides is 1. The minimum Gasteiger partial charge on any atom is -0.0979 e. The maximum absolute atomic E-state index is 3.21. The van der Waals surface area contributed by atoms with E-state index in [2.05, 4.69) is 46.6 Å². The summed E-state index contributed by atoms with van der Waals surface area (Å²) >= 11 is 2.42. The fourth-order valence-electron chi connectivity index (χ4n) is 1.17. The lowest BCUT2D eigenvalue weighted by molar-refractivity contribution is 0.748. The van der Waals surface area contributed by atoms with Gasteiger partial charge < -0.3 is 0 Å². The first kappa shape index (κ1) is 11.6. The van der Waals surface area contributed by atoms with Crippen LogP contribution in [0.2, 0.25) is 0 Å². The average Bonchev–Trinajstić information content (AvgIpc) is 2.25. The minimum absolute atomic E-state index is 1.03. The van der Waals surface area contributed by atoms with E-state index in [0.29, 0.717) is 0 Å². The molecule has 0 unspecified atom stereocenters. The first-order valence-electron chi connectivity index (χ1n) is 5.03. The highest BCUT2D eigenvalue weighted by Gasteiger charge is 1.85. The summed E-state index contributed by atoms with van der Waals surface area (Å²) in [6.45, 7) is 0. The van der Waals surface area contributed by atoms with Gasteiger partial charge in [0.25, 0.3) is 0 Å². The zero-order chi connectivity index (χ0) is 10.1. The van der Waals surface area contributed by atoms with Crippen LogP contribution in [0.1, 0.15) is 31.2 Å². The smallest absolute Gasteiger partial charge is 0.0245 e. The van der Waals surface area contributed by atoms with Crippen LogP contribution in [0.5, 0.6) is 0 Å². The number of halogens is 1. The Morgan fingerprint density at radius 2 is 1.79 bits per heavy atom. The molecular weight excluding hydrogens is 283 g/mol. The maximum atomic E-state index is 3.21. The molecule has 0 atom stereocenters. The van der Waals surface area contributed by atoms with Crippen LogP contribution in [-0.4, -0.2) is 4.43 Å². The predicted molar refractivity (Wildman–Crippen MR) is 70.7 cm³/mol. The third-order valence-corrected chi connectivity index (χ3v) is 2.70. The van der Waals surface area contributed by atoms with Gasteiger partial charge in [-0.3, -0.25) is 0 Å². The summed E-state index contributed by atoms with van der Waals surface area (Å²) in [7, 11) is 0. The summed E-state index contributed by atoms with van der Waals surface area (Å²) in [6, 6.07) is 10.2. The van der Waals surface area contributed by atoms with E-state index in [1.54, 1.807) is 0 Å². The molecule has 1 aromatic carbocycles. The second-order valence-electron chi connectivity index (χ2n) is 3.17. The molecule has 0 bridgehead atoms. The topological polar surface area (TPSA) is 0 Å². The summed E-state index contributed by atoms with van der Waals surface area (Å²) < 4.78 is 1.27. The van der Waals surface area contributed by atoms with Crippen LogP contribution in [0.4, 0.5) is 0 Å². The van der Waals surface area contributed by atoms with Crippen molar-refractivity contribution in [3.8, 4) is 11.8 Å². The molecule has 0 aliphatic rings. The normalized spacial score (nSPS) is 9.21. The quantitative estimate of drug-likeness (QED) is 0.341. The molecule has 74 valence electrons. The molecule has 1 rings (SSSR count). The highest BCUT2D eigenvalue weighted by Crippen LogP contribution is 2.01. The van der Waals surface area contributed by atoms with Crippen molar-refractivity contribution < 1.29 is 0 Å². The van der Waals surface area contributed by atoms with E-state index in [0.717, 1.165) is 12.0 Å². The molecular formula is C13H15I.